The number of nitrogens with zero attached hydrogens (tertiary/aromatic N) is 4. The number of carboxylic acids is 1. The highest BCUT2D eigenvalue weighted by Gasteiger charge is 2.20. The topological polar surface area (TPSA) is 101 Å². The lowest BCUT2D eigenvalue weighted by molar-refractivity contribution is -0.136. The number of aliphatic carboxylic acids is 1. The molecule has 3 heterocycles. The number of aliphatic hydroxyl groups is 1. The van der Waals surface area contributed by atoms with Crippen molar-refractivity contribution in [2.24, 2.45) is 7.05 Å². The van der Waals surface area contributed by atoms with Crippen LogP contribution < -0.4 is 0 Å². The maximum atomic E-state index is 11.7. The maximum Gasteiger partial charge on any atom is 0.307 e. The Morgan fingerprint density at radius 2 is 1.74 bits per heavy atom. The normalized spacial score (nSPS) is 11.4. The van der Waals surface area contributed by atoms with Crippen LogP contribution in [0.2, 0.25) is 5.02 Å². The van der Waals surface area contributed by atoms with Gasteiger partial charge in [0.1, 0.15) is 5.01 Å². The van der Waals surface area contributed by atoms with Gasteiger partial charge in [-0.25, -0.2) is 4.98 Å². The Morgan fingerprint density at radius 1 is 1.08 bits per heavy atom. The molecular weight excluding hydrogens is 532 g/mol. The first kappa shape index (κ1) is 28.4. The predicted molar refractivity (Wildman–Crippen MR) is 158 cm³/mol. The van der Waals surface area contributed by atoms with Crippen LogP contribution in [0, 0.1) is 13.8 Å². The van der Waals surface area contributed by atoms with Crippen molar-refractivity contribution in [1.29, 1.82) is 0 Å². The molecule has 0 aliphatic heterocycles. The van der Waals surface area contributed by atoms with Crippen LogP contribution in [0.15, 0.2) is 54.9 Å². The lowest BCUT2D eigenvalue weighted by Gasteiger charge is -2.13. The van der Waals surface area contributed by atoms with Gasteiger partial charge in [0, 0.05) is 40.7 Å². The van der Waals surface area contributed by atoms with Crippen molar-refractivity contribution in [3.8, 4) is 33.0 Å². The van der Waals surface area contributed by atoms with Gasteiger partial charge in [0.05, 0.1) is 34.1 Å². The molecule has 0 bridgehead atoms. The van der Waals surface area contributed by atoms with Gasteiger partial charge in [0.25, 0.3) is 0 Å². The van der Waals surface area contributed by atoms with Gasteiger partial charge in [0.15, 0.2) is 0 Å². The van der Waals surface area contributed by atoms with Crippen LogP contribution in [-0.4, -0.2) is 41.5 Å². The molecule has 2 N–H and O–H groups in total. The molecule has 3 aromatic heterocycles. The van der Waals surface area contributed by atoms with Crippen molar-refractivity contribution in [3.05, 3.63) is 76.7 Å². The van der Waals surface area contributed by atoms with Crippen LogP contribution in [-0.2, 0) is 18.3 Å². The van der Waals surface area contributed by atoms with E-state index < -0.39 is 11.6 Å². The number of pyridine rings is 1. The number of halogens is 1. The summed E-state index contributed by atoms with van der Waals surface area (Å²) in [6, 6.07) is 13.4. The summed E-state index contributed by atoms with van der Waals surface area (Å²) < 4.78 is 2.78. The Bertz CT molecular complexity index is 1640. The number of carboxylic acid groups (broad SMARTS) is 1. The first-order valence-corrected chi connectivity index (χ1v) is 13.6. The van der Waals surface area contributed by atoms with Gasteiger partial charge in [0.2, 0.25) is 0 Å². The first-order valence-electron chi connectivity index (χ1n) is 12.4. The van der Waals surface area contributed by atoms with Gasteiger partial charge in [-0.2, -0.15) is 5.10 Å². The van der Waals surface area contributed by atoms with Gasteiger partial charge in [-0.15, -0.1) is 11.3 Å². The highest BCUT2D eigenvalue weighted by molar-refractivity contribution is 7.22. The highest BCUT2D eigenvalue weighted by atomic mass is 35.5. The Balaban J connectivity index is 0.000000648. The second kappa shape index (κ2) is 11.3. The Hall–Kier alpha value is -3.59. The maximum absolute atomic E-state index is 11.7. The minimum absolute atomic E-state index is 0.0628. The van der Waals surface area contributed by atoms with Gasteiger partial charge in [-0.1, -0.05) is 23.7 Å². The molecule has 9 heteroatoms. The highest BCUT2D eigenvalue weighted by Crippen LogP contribution is 2.41. The smallest absolute Gasteiger partial charge is 0.307 e. The molecule has 0 saturated carbocycles. The van der Waals surface area contributed by atoms with E-state index in [1.165, 1.54) is 0 Å². The fourth-order valence-electron chi connectivity index (χ4n) is 4.12. The third-order valence-corrected chi connectivity index (χ3v) is 7.38. The molecule has 0 saturated heterocycles. The van der Waals surface area contributed by atoms with Crippen molar-refractivity contribution in [1.82, 2.24) is 19.7 Å². The summed E-state index contributed by atoms with van der Waals surface area (Å²) in [5, 5.41) is 23.9. The lowest BCUT2D eigenvalue weighted by atomic mass is 9.93. The quantitative estimate of drug-likeness (QED) is 0.237. The molecule has 202 valence electrons. The largest absolute Gasteiger partial charge is 0.481 e. The van der Waals surface area contributed by atoms with E-state index in [0.29, 0.717) is 5.02 Å². The predicted octanol–water partition coefficient (Wildman–Crippen LogP) is 7.10. The Kier molecular flexibility index (Phi) is 8.20. The summed E-state index contributed by atoms with van der Waals surface area (Å²) >= 11 is 7.67. The lowest BCUT2D eigenvalue weighted by Crippen LogP contribution is -2.10. The van der Waals surface area contributed by atoms with Gasteiger partial charge >= 0.3 is 5.97 Å². The molecule has 0 aliphatic rings. The molecule has 0 atom stereocenters. The average Bonchev–Trinajstić information content (AvgIpc) is 3.42. The average molecular weight is 563 g/mol. The van der Waals surface area contributed by atoms with Gasteiger partial charge in [-0.05, 0) is 81.6 Å². The van der Waals surface area contributed by atoms with E-state index in [1.807, 2.05) is 74.2 Å². The minimum atomic E-state index is -0.868. The fourth-order valence-corrected chi connectivity index (χ4v) is 5.38. The number of aromatic nitrogens is 4. The molecule has 0 fully saturated rings. The molecule has 5 aromatic rings. The van der Waals surface area contributed by atoms with Crippen LogP contribution in [0.1, 0.15) is 37.6 Å². The zero-order valence-corrected chi connectivity index (χ0v) is 24.4. The molecule has 0 spiro atoms. The summed E-state index contributed by atoms with van der Waals surface area (Å²) in [5.41, 5.74) is 7.66. The molecule has 2 aromatic carbocycles. The van der Waals surface area contributed by atoms with Crippen LogP contribution >= 0.6 is 22.9 Å². The number of hydrogen-bond donors (Lipinski definition) is 2. The number of hydrogen-bond acceptors (Lipinski definition) is 6. The molecule has 0 amide bonds. The third kappa shape index (κ3) is 6.71. The number of benzene rings is 2. The van der Waals surface area contributed by atoms with E-state index in [1.54, 1.807) is 38.3 Å². The molecule has 39 heavy (non-hydrogen) atoms. The molecule has 5 rings (SSSR count). The monoisotopic (exact) mass is 562 g/mol. The van der Waals surface area contributed by atoms with Gasteiger partial charge < -0.3 is 10.2 Å². The number of aryl methyl sites for hydroxylation is 2. The second-order valence-corrected chi connectivity index (χ2v) is 11.8. The summed E-state index contributed by atoms with van der Waals surface area (Å²) in [5.74, 6) is -0.868. The van der Waals surface area contributed by atoms with Crippen LogP contribution in [0.25, 0.3) is 43.2 Å². The Morgan fingerprint density at radius 3 is 2.33 bits per heavy atom. The summed E-state index contributed by atoms with van der Waals surface area (Å²) in [7, 11) is 1.91. The van der Waals surface area contributed by atoms with Crippen LogP contribution in [0.5, 0.6) is 0 Å². The third-order valence-electron chi connectivity index (χ3n) is 5.99. The van der Waals surface area contributed by atoms with Crippen molar-refractivity contribution < 1.29 is 15.0 Å². The molecular formula is C30H31ClN4O3S. The molecule has 0 aliphatic carbocycles. The van der Waals surface area contributed by atoms with Crippen molar-refractivity contribution >= 4 is 39.1 Å². The fraction of sp³-hybridized carbons (Fsp3) is 0.267. The van der Waals surface area contributed by atoms with E-state index in [0.717, 1.165) is 60.0 Å². The number of carbonyl (C=O) groups is 1. The summed E-state index contributed by atoms with van der Waals surface area (Å²) in [4.78, 5) is 21.1. The van der Waals surface area contributed by atoms with Crippen LogP contribution in [0.3, 0.4) is 0 Å². The summed E-state index contributed by atoms with van der Waals surface area (Å²) in [6.45, 7) is 9.18. The zero-order chi connectivity index (χ0) is 28.5. The molecule has 0 radical (unpaired) electrons. The zero-order valence-electron chi connectivity index (χ0n) is 22.8. The van der Waals surface area contributed by atoms with E-state index in [9.17, 15) is 9.90 Å². The van der Waals surface area contributed by atoms with Crippen molar-refractivity contribution in [2.45, 2.75) is 46.6 Å². The van der Waals surface area contributed by atoms with E-state index in [4.69, 9.17) is 21.7 Å². The van der Waals surface area contributed by atoms with Crippen molar-refractivity contribution in [2.75, 3.05) is 0 Å². The van der Waals surface area contributed by atoms with Crippen molar-refractivity contribution in [3.63, 3.8) is 0 Å². The number of fused-ring (bicyclic) bond motifs is 1. The second-order valence-electron chi connectivity index (χ2n) is 10.4. The first-order chi connectivity index (χ1) is 18.3. The number of rotatable bonds is 5. The van der Waals surface area contributed by atoms with Crippen LogP contribution in [0.4, 0.5) is 0 Å². The van der Waals surface area contributed by atoms with E-state index in [2.05, 4.69) is 10.1 Å². The SMILES string of the molecule is CC(C)(C)O.Cc1cc2nc(-c3ccnc(-c4cnn(C)c4C)c3)sc2c(-c2ccc(Cl)cc2)c1CC(=O)O. The number of thiazole rings is 1. The minimum Gasteiger partial charge on any atom is -0.481 e. The van der Waals surface area contributed by atoms with Gasteiger partial charge in [-0.3, -0.25) is 14.5 Å². The molecule has 7 nitrogen and oxygen atoms in total. The van der Waals surface area contributed by atoms with E-state index >= 15 is 0 Å². The standard InChI is InChI=1S/C26H21ClN4O2S.C4H10O/c1-14-10-22-25(24(19(14)12-23(32)33)16-4-6-18(27)7-5-16)34-26(30-22)17-8-9-28-21(11-17)20-13-29-31(3)15(20)2;1-4(2,3)5/h4-11,13H,12H2,1-3H3,(H,32,33);5H,1-3H3. The van der Waals surface area contributed by atoms with E-state index in [-0.39, 0.29) is 6.42 Å². The Labute approximate surface area is 236 Å². The summed E-state index contributed by atoms with van der Waals surface area (Å²) in [6.07, 6.45) is 3.54. The molecule has 0 unspecified atom stereocenters.